The Bertz CT molecular complexity index is 1060. The molecule has 1 aliphatic rings. The zero-order chi connectivity index (χ0) is 24.2. The predicted octanol–water partition coefficient (Wildman–Crippen LogP) is 4.00. The third-order valence-electron chi connectivity index (χ3n) is 4.94. The molecule has 0 saturated heterocycles. The minimum atomic E-state index is -4.52. The highest BCUT2D eigenvalue weighted by atomic mass is 32.2. The van der Waals surface area contributed by atoms with Crippen molar-refractivity contribution in [3.63, 3.8) is 0 Å². The van der Waals surface area contributed by atoms with Crippen LogP contribution in [0.3, 0.4) is 0 Å². The molecule has 33 heavy (non-hydrogen) atoms. The molecule has 1 aliphatic heterocycles. The van der Waals surface area contributed by atoms with E-state index < -0.39 is 34.7 Å². The van der Waals surface area contributed by atoms with Crippen molar-refractivity contribution in [2.24, 2.45) is 0 Å². The van der Waals surface area contributed by atoms with Gasteiger partial charge in [0.1, 0.15) is 5.75 Å². The van der Waals surface area contributed by atoms with Gasteiger partial charge in [0, 0.05) is 17.9 Å². The number of nitrogens with one attached hydrogen (secondary N) is 2. The van der Waals surface area contributed by atoms with Gasteiger partial charge in [-0.2, -0.15) is 13.2 Å². The number of methoxy groups -OCH3 is 1. The van der Waals surface area contributed by atoms with Crippen LogP contribution in [0.5, 0.6) is 5.75 Å². The van der Waals surface area contributed by atoms with Gasteiger partial charge in [-0.3, -0.25) is 14.4 Å². The third-order valence-corrected chi connectivity index (χ3v) is 6.21. The number of benzene rings is 2. The van der Waals surface area contributed by atoms with Crippen molar-refractivity contribution in [1.82, 2.24) is 4.90 Å². The molecule has 0 saturated carbocycles. The van der Waals surface area contributed by atoms with Gasteiger partial charge in [-0.05, 0) is 37.3 Å². The third kappa shape index (κ3) is 5.98. The van der Waals surface area contributed by atoms with E-state index in [0.717, 1.165) is 23.9 Å². The molecule has 11 heteroatoms. The maximum absolute atomic E-state index is 12.9. The van der Waals surface area contributed by atoms with Crippen LogP contribution in [0.1, 0.15) is 18.9 Å². The van der Waals surface area contributed by atoms with Crippen LogP contribution >= 0.6 is 11.8 Å². The average Bonchev–Trinajstić information content (AvgIpc) is 2.77. The zero-order valence-electron chi connectivity index (χ0n) is 17.9. The summed E-state index contributed by atoms with van der Waals surface area (Å²) in [4.78, 5) is 39.4. The quantitative estimate of drug-likeness (QED) is 0.624. The fourth-order valence-electron chi connectivity index (χ4n) is 3.24. The average molecular weight is 481 g/mol. The molecule has 0 aromatic heterocycles. The van der Waals surface area contributed by atoms with Crippen molar-refractivity contribution in [2.45, 2.75) is 29.7 Å². The van der Waals surface area contributed by atoms with Gasteiger partial charge in [-0.15, -0.1) is 11.8 Å². The summed E-state index contributed by atoms with van der Waals surface area (Å²) < 4.78 is 43.9. The summed E-state index contributed by atoms with van der Waals surface area (Å²) in [5, 5.41) is 4.31. The SMILES string of the molecule is CCN(CC(=O)Nc1ccccc1OC)C(=O)C[C@@H]1Sc2ccc(C(F)(F)F)cc2NC1=O. The van der Waals surface area contributed by atoms with Crippen molar-refractivity contribution >= 4 is 40.9 Å². The van der Waals surface area contributed by atoms with Gasteiger partial charge in [-0.25, -0.2) is 0 Å². The summed E-state index contributed by atoms with van der Waals surface area (Å²) >= 11 is 1.02. The van der Waals surface area contributed by atoms with Crippen LogP contribution in [0.15, 0.2) is 47.4 Å². The van der Waals surface area contributed by atoms with Gasteiger partial charge in [0.05, 0.1) is 35.8 Å². The Kier molecular flexibility index (Phi) is 7.52. The molecule has 1 heterocycles. The van der Waals surface area contributed by atoms with Crippen molar-refractivity contribution in [2.75, 3.05) is 30.8 Å². The topological polar surface area (TPSA) is 87.7 Å². The van der Waals surface area contributed by atoms with Crippen molar-refractivity contribution in [1.29, 1.82) is 0 Å². The molecule has 0 radical (unpaired) electrons. The second-order valence-corrected chi connectivity index (χ2v) is 8.41. The maximum atomic E-state index is 12.9. The molecule has 2 aromatic carbocycles. The lowest BCUT2D eigenvalue weighted by Gasteiger charge is -2.27. The second kappa shape index (κ2) is 10.2. The molecular weight excluding hydrogens is 459 g/mol. The number of alkyl halides is 3. The highest BCUT2D eigenvalue weighted by Crippen LogP contribution is 2.40. The molecule has 2 aromatic rings. The molecule has 0 bridgehead atoms. The summed E-state index contributed by atoms with van der Waals surface area (Å²) in [6.07, 6.45) is -4.73. The Morgan fingerprint density at radius 1 is 1.21 bits per heavy atom. The van der Waals surface area contributed by atoms with Gasteiger partial charge in [-0.1, -0.05) is 12.1 Å². The van der Waals surface area contributed by atoms with E-state index in [1.54, 1.807) is 31.2 Å². The Morgan fingerprint density at radius 2 is 1.94 bits per heavy atom. The number of ether oxygens (including phenoxy) is 1. The number of fused-ring (bicyclic) bond motifs is 1. The highest BCUT2D eigenvalue weighted by molar-refractivity contribution is 8.01. The standard InChI is InChI=1S/C22H22F3N3O4S/c1-3-28(12-19(29)26-14-6-4-5-7-16(14)32-2)20(30)11-18-21(31)27-15-10-13(22(23,24)25)8-9-17(15)33-18/h4-10,18H,3,11-12H2,1-2H3,(H,26,29)(H,27,31)/t18-/m0/s1. The summed E-state index contributed by atoms with van der Waals surface area (Å²) in [5.41, 5.74) is -0.340. The molecule has 7 nitrogen and oxygen atoms in total. The lowest BCUT2D eigenvalue weighted by molar-refractivity contribution is -0.137. The van der Waals surface area contributed by atoms with Crippen molar-refractivity contribution in [3.05, 3.63) is 48.0 Å². The number of hydrogen-bond acceptors (Lipinski definition) is 5. The summed E-state index contributed by atoms with van der Waals surface area (Å²) in [6.45, 7) is 1.72. The van der Waals surface area contributed by atoms with Crippen LogP contribution in [0, 0.1) is 0 Å². The smallest absolute Gasteiger partial charge is 0.416 e. The van der Waals surface area contributed by atoms with Gasteiger partial charge < -0.3 is 20.3 Å². The van der Waals surface area contributed by atoms with Crippen LogP contribution in [-0.4, -0.2) is 48.1 Å². The molecule has 0 spiro atoms. The lowest BCUT2D eigenvalue weighted by atomic mass is 10.1. The monoisotopic (exact) mass is 481 g/mol. The van der Waals surface area contributed by atoms with E-state index in [4.69, 9.17) is 4.74 Å². The maximum Gasteiger partial charge on any atom is 0.416 e. The van der Waals surface area contributed by atoms with Crippen molar-refractivity contribution < 1.29 is 32.3 Å². The number of carbonyl (C=O) groups is 3. The first-order valence-corrected chi connectivity index (χ1v) is 10.9. The second-order valence-electron chi connectivity index (χ2n) is 7.16. The summed E-state index contributed by atoms with van der Waals surface area (Å²) in [7, 11) is 1.47. The van der Waals surface area contributed by atoms with Gasteiger partial charge in [0.25, 0.3) is 0 Å². The van der Waals surface area contributed by atoms with E-state index in [2.05, 4.69) is 10.6 Å². The van der Waals surface area contributed by atoms with E-state index in [-0.39, 0.29) is 25.2 Å². The molecule has 2 N–H and O–H groups in total. The molecule has 0 unspecified atom stereocenters. The normalized spacial score (nSPS) is 15.3. The fourth-order valence-corrected chi connectivity index (χ4v) is 4.32. The first-order valence-electron chi connectivity index (χ1n) is 10.0. The summed E-state index contributed by atoms with van der Waals surface area (Å²) in [5.74, 6) is -0.936. The van der Waals surface area contributed by atoms with Gasteiger partial charge in [0.15, 0.2) is 0 Å². The molecule has 3 amide bonds. The van der Waals surface area contributed by atoms with E-state index in [9.17, 15) is 27.6 Å². The zero-order valence-corrected chi connectivity index (χ0v) is 18.7. The molecule has 3 rings (SSSR count). The lowest BCUT2D eigenvalue weighted by Crippen LogP contribution is -2.41. The minimum absolute atomic E-state index is 0.0621. The number of anilines is 2. The van der Waals surface area contributed by atoms with E-state index in [1.165, 1.54) is 18.1 Å². The highest BCUT2D eigenvalue weighted by Gasteiger charge is 2.35. The van der Waals surface area contributed by atoms with Crippen molar-refractivity contribution in [3.8, 4) is 5.75 Å². The Morgan fingerprint density at radius 3 is 2.61 bits per heavy atom. The predicted molar refractivity (Wildman–Crippen MR) is 118 cm³/mol. The fraction of sp³-hybridized carbons (Fsp3) is 0.318. The number of nitrogens with zero attached hydrogens (tertiary/aromatic N) is 1. The molecule has 1 atom stereocenters. The number of para-hydroxylation sites is 2. The van der Waals surface area contributed by atoms with E-state index in [0.29, 0.717) is 16.3 Å². The van der Waals surface area contributed by atoms with Gasteiger partial charge in [0.2, 0.25) is 17.7 Å². The first-order chi connectivity index (χ1) is 15.6. The van der Waals surface area contributed by atoms with Crippen LogP contribution < -0.4 is 15.4 Å². The van der Waals surface area contributed by atoms with E-state index in [1.807, 2.05) is 0 Å². The first kappa shape index (κ1) is 24.4. The number of likely N-dealkylation sites (N-methyl/N-ethyl adjacent to an activating group) is 1. The van der Waals surface area contributed by atoms with Gasteiger partial charge >= 0.3 is 6.18 Å². The van der Waals surface area contributed by atoms with Crippen LogP contribution in [0.2, 0.25) is 0 Å². The number of thioether (sulfide) groups is 1. The number of halogens is 3. The molecule has 0 aliphatic carbocycles. The number of carbonyl (C=O) groups excluding carboxylic acids is 3. The van der Waals surface area contributed by atoms with Crippen LogP contribution in [0.25, 0.3) is 0 Å². The number of rotatable bonds is 7. The Balaban J connectivity index is 1.63. The minimum Gasteiger partial charge on any atom is -0.495 e. The Labute approximate surface area is 192 Å². The number of amides is 3. The van der Waals surface area contributed by atoms with Crippen LogP contribution in [0.4, 0.5) is 24.5 Å². The molecule has 176 valence electrons. The molecular formula is C22H22F3N3O4S. The van der Waals surface area contributed by atoms with E-state index >= 15 is 0 Å². The number of hydrogen-bond donors (Lipinski definition) is 2. The summed E-state index contributed by atoms with van der Waals surface area (Å²) in [6, 6.07) is 9.92. The van der Waals surface area contributed by atoms with Crippen LogP contribution in [-0.2, 0) is 20.6 Å². The largest absolute Gasteiger partial charge is 0.495 e. The molecule has 0 fully saturated rings. The Hall–Kier alpha value is -3.21.